The van der Waals surface area contributed by atoms with Crippen molar-refractivity contribution in [2.75, 3.05) is 0 Å². The summed E-state index contributed by atoms with van der Waals surface area (Å²) in [6.45, 7) is 1.93. The second-order valence-electron chi connectivity index (χ2n) is 2.91. The molecule has 1 N–H and O–H groups in total. The zero-order valence-electron chi connectivity index (χ0n) is 6.87. The van der Waals surface area contributed by atoms with E-state index in [1.807, 2.05) is 13.0 Å². The van der Waals surface area contributed by atoms with Crippen LogP contribution in [0.5, 0.6) is 11.5 Å². The van der Waals surface area contributed by atoms with Gasteiger partial charge in [-0.25, -0.2) is 0 Å². The minimum Gasteiger partial charge on any atom is -0.508 e. The highest BCUT2D eigenvalue weighted by atomic mass is 16.5. The molecular formula is C10H10O2. The van der Waals surface area contributed by atoms with Crippen molar-refractivity contribution in [1.29, 1.82) is 0 Å². The summed E-state index contributed by atoms with van der Waals surface area (Å²) in [5, 5.41) is 9.18. The Bertz CT molecular complexity index is 340. The van der Waals surface area contributed by atoms with Crippen molar-refractivity contribution in [3.63, 3.8) is 0 Å². The number of phenolic OH excluding ortho intramolecular Hbond substituents is 1. The van der Waals surface area contributed by atoms with Gasteiger partial charge in [-0.15, -0.1) is 0 Å². The Hall–Kier alpha value is -1.44. The zero-order valence-corrected chi connectivity index (χ0v) is 6.87. The summed E-state index contributed by atoms with van der Waals surface area (Å²) in [7, 11) is 0. The lowest BCUT2D eigenvalue weighted by Crippen LogP contribution is -2.01. The molecule has 1 aliphatic heterocycles. The quantitative estimate of drug-likeness (QED) is 0.633. The molecule has 2 nitrogen and oxygen atoms in total. The maximum atomic E-state index is 9.18. The number of allylic oxidation sites excluding steroid dienone is 2. The fourth-order valence-electron chi connectivity index (χ4n) is 1.29. The predicted octanol–water partition coefficient (Wildman–Crippen LogP) is 2.23. The van der Waals surface area contributed by atoms with E-state index in [0.29, 0.717) is 5.75 Å². The Morgan fingerprint density at radius 1 is 1.42 bits per heavy atom. The van der Waals surface area contributed by atoms with Crippen molar-refractivity contribution >= 4 is 0 Å². The third-order valence-electron chi connectivity index (χ3n) is 1.92. The molecule has 2 heteroatoms. The minimum absolute atomic E-state index is 0.297. The topological polar surface area (TPSA) is 29.5 Å². The average Bonchev–Trinajstić information content (AvgIpc) is 2.05. The molecule has 2 rings (SSSR count). The summed E-state index contributed by atoms with van der Waals surface area (Å²) >= 11 is 0. The van der Waals surface area contributed by atoms with Gasteiger partial charge < -0.3 is 9.84 Å². The lowest BCUT2D eigenvalue weighted by molar-refractivity contribution is 0.408. The van der Waals surface area contributed by atoms with Crippen LogP contribution in [0.15, 0.2) is 30.0 Å². The van der Waals surface area contributed by atoms with Crippen LogP contribution in [0.3, 0.4) is 0 Å². The standard InChI is InChI=1S/C10H10O2/c1-7-2-3-8-6-9(11)4-5-10(8)12-7/h2,4-6,11H,3H2,1H3. The highest BCUT2D eigenvalue weighted by Crippen LogP contribution is 2.28. The van der Waals surface area contributed by atoms with Crippen LogP contribution in [-0.4, -0.2) is 5.11 Å². The SMILES string of the molecule is CC1=CCc2cc(O)ccc2O1. The molecule has 0 atom stereocenters. The fraction of sp³-hybridized carbons (Fsp3) is 0.200. The summed E-state index contributed by atoms with van der Waals surface area (Å²) in [4.78, 5) is 0. The normalized spacial score (nSPS) is 14.6. The minimum atomic E-state index is 0.297. The number of rotatable bonds is 0. The first-order valence-electron chi connectivity index (χ1n) is 3.92. The number of hydrogen-bond donors (Lipinski definition) is 1. The predicted molar refractivity (Wildman–Crippen MR) is 46.2 cm³/mol. The number of ether oxygens (including phenoxy) is 1. The summed E-state index contributed by atoms with van der Waals surface area (Å²) in [5.41, 5.74) is 1.04. The first kappa shape index (κ1) is 7.22. The number of benzene rings is 1. The van der Waals surface area contributed by atoms with Crippen LogP contribution in [0.1, 0.15) is 12.5 Å². The van der Waals surface area contributed by atoms with Gasteiger partial charge in [0.25, 0.3) is 0 Å². The lowest BCUT2D eigenvalue weighted by Gasteiger charge is -2.15. The van der Waals surface area contributed by atoms with Gasteiger partial charge in [-0.05, 0) is 37.6 Å². The van der Waals surface area contributed by atoms with Crippen molar-refractivity contribution in [3.05, 3.63) is 35.6 Å². The van der Waals surface area contributed by atoms with Crippen molar-refractivity contribution < 1.29 is 9.84 Å². The van der Waals surface area contributed by atoms with E-state index in [0.717, 1.165) is 23.5 Å². The molecule has 0 bridgehead atoms. The third kappa shape index (κ3) is 1.16. The van der Waals surface area contributed by atoms with Crippen molar-refractivity contribution in [2.45, 2.75) is 13.3 Å². The molecule has 1 aromatic carbocycles. The summed E-state index contributed by atoms with van der Waals surface area (Å²) < 4.78 is 5.44. The summed E-state index contributed by atoms with van der Waals surface area (Å²) in [6.07, 6.45) is 2.84. The van der Waals surface area contributed by atoms with Gasteiger partial charge in [0.1, 0.15) is 11.5 Å². The average molecular weight is 162 g/mol. The van der Waals surface area contributed by atoms with Gasteiger partial charge in [0.05, 0.1) is 5.76 Å². The zero-order chi connectivity index (χ0) is 8.55. The Balaban J connectivity index is 2.43. The maximum Gasteiger partial charge on any atom is 0.130 e. The van der Waals surface area contributed by atoms with Crippen LogP contribution in [0.25, 0.3) is 0 Å². The second-order valence-corrected chi connectivity index (χ2v) is 2.91. The fourth-order valence-corrected chi connectivity index (χ4v) is 1.29. The van der Waals surface area contributed by atoms with Gasteiger partial charge in [-0.1, -0.05) is 0 Å². The van der Waals surface area contributed by atoms with Gasteiger partial charge in [0.2, 0.25) is 0 Å². The van der Waals surface area contributed by atoms with E-state index in [1.54, 1.807) is 18.2 Å². The highest BCUT2D eigenvalue weighted by Gasteiger charge is 2.09. The molecule has 0 aliphatic carbocycles. The van der Waals surface area contributed by atoms with E-state index in [9.17, 15) is 5.11 Å². The molecule has 0 amide bonds. The number of fused-ring (bicyclic) bond motifs is 1. The smallest absolute Gasteiger partial charge is 0.130 e. The van der Waals surface area contributed by atoms with Crippen LogP contribution in [-0.2, 0) is 6.42 Å². The molecule has 1 aromatic rings. The highest BCUT2D eigenvalue weighted by molar-refractivity contribution is 5.43. The summed E-state index contributed by atoms with van der Waals surface area (Å²) in [5.74, 6) is 2.08. The Kier molecular flexibility index (Phi) is 1.54. The molecule has 62 valence electrons. The van der Waals surface area contributed by atoms with Gasteiger partial charge in [0.15, 0.2) is 0 Å². The third-order valence-corrected chi connectivity index (χ3v) is 1.92. The molecule has 12 heavy (non-hydrogen) atoms. The maximum absolute atomic E-state index is 9.18. The molecule has 0 fully saturated rings. The van der Waals surface area contributed by atoms with Crippen LogP contribution >= 0.6 is 0 Å². The molecule has 0 unspecified atom stereocenters. The second kappa shape index (κ2) is 2.55. The Morgan fingerprint density at radius 3 is 3.08 bits per heavy atom. The van der Waals surface area contributed by atoms with Crippen molar-refractivity contribution in [1.82, 2.24) is 0 Å². The van der Waals surface area contributed by atoms with Gasteiger partial charge >= 0.3 is 0 Å². The van der Waals surface area contributed by atoms with E-state index in [-0.39, 0.29) is 0 Å². The number of hydrogen-bond acceptors (Lipinski definition) is 2. The molecule has 0 saturated heterocycles. The van der Waals surface area contributed by atoms with E-state index < -0.39 is 0 Å². The van der Waals surface area contributed by atoms with Crippen molar-refractivity contribution in [2.24, 2.45) is 0 Å². The van der Waals surface area contributed by atoms with Crippen LogP contribution < -0.4 is 4.74 Å². The first-order valence-corrected chi connectivity index (χ1v) is 3.92. The van der Waals surface area contributed by atoms with Crippen LogP contribution in [0.4, 0.5) is 0 Å². The molecule has 1 aliphatic rings. The molecule has 0 aromatic heterocycles. The summed E-state index contributed by atoms with van der Waals surface area (Å²) in [6, 6.07) is 5.16. The lowest BCUT2D eigenvalue weighted by atomic mass is 10.1. The van der Waals surface area contributed by atoms with Gasteiger partial charge in [-0.3, -0.25) is 0 Å². The molecule has 0 spiro atoms. The Labute approximate surface area is 71.1 Å². The number of aromatic hydroxyl groups is 1. The monoisotopic (exact) mass is 162 g/mol. The van der Waals surface area contributed by atoms with E-state index >= 15 is 0 Å². The van der Waals surface area contributed by atoms with Gasteiger partial charge in [0, 0.05) is 5.56 Å². The largest absolute Gasteiger partial charge is 0.508 e. The van der Waals surface area contributed by atoms with E-state index in [4.69, 9.17) is 4.74 Å². The van der Waals surface area contributed by atoms with E-state index in [1.165, 1.54) is 0 Å². The van der Waals surface area contributed by atoms with Crippen LogP contribution in [0.2, 0.25) is 0 Å². The van der Waals surface area contributed by atoms with Crippen molar-refractivity contribution in [3.8, 4) is 11.5 Å². The first-order chi connectivity index (χ1) is 5.75. The Morgan fingerprint density at radius 2 is 2.25 bits per heavy atom. The number of phenols is 1. The van der Waals surface area contributed by atoms with Crippen LogP contribution in [0, 0.1) is 0 Å². The molecule has 0 radical (unpaired) electrons. The van der Waals surface area contributed by atoms with E-state index in [2.05, 4.69) is 0 Å². The molecule has 0 saturated carbocycles. The van der Waals surface area contributed by atoms with Gasteiger partial charge in [-0.2, -0.15) is 0 Å². The molecular weight excluding hydrogens is 152 g/mol. The molecule has 1 heterocycles.